The maximum atomic E-state index is 12.6. The van der Waals surface area contributed by atoms with Crippen LogP contribution in [0.4, 0.5) is 0 Å². The van der Waals surface area contributed by atoms with Crippen LogP contribution in [0.3, 0.4) is 0 Å². The van der Waals surface area contributed by atoms with Crippen molar-refractivity contribution in [3.63, 3.8) is 0 Å². The molecule has 6 nitrogen and oxygen atoms in total. The highest BCUT2D eigenvalue weighted by Crippen LogP contribution is 2.10. The van der Waals surface area contributed by atoms with Crippen LogP contribution in [0.2, 0.25) is 0 Å². The fourth-order valence-electron chi connectivity index (χ4n) is 4.87. The van der Waals surface area contributed by atoms with Crippen LogP contribution in [0, 0.1) is 0 Å². The first-order valence-corrected chi connectivity index (χ1v) is 20.5. The lowest BCUT2D eigenvalue weighted by atomic mass is 10.1. The summed E-state index contributed by atoms with van der Waals surface area (Å²) in [6, 6.07) is 0. The fourth-order valence-corrected chi connectivity index (χ4v) is 4.87. The number of unbranched alkanes of at least 4 members (excludes halogenated alkanes) is 11. The van der Waals surface area contributed by atoms with Gasteiger partial charge in [-0.1, -0.05) is 162 Å². The quantitative estimate of drug-likeness (QED) is 0.0215. The smallest absolute Gasteiger partial charge is 0.306 e. The zero-order valence-electron chi connectivity index (χ0n) is 33.5. The van der Waals surface area contributed by atoms with Crippen molar-refractivity contribution < 1.29 is 28.6 Å². The van der Waals surface area contributed by atoms with Crippen LogP contribution >= 0.6 is 0 Å². The molecule has 0 radical (unpaired) electrons. The lowest BCUT2D eigenvalue weighted by Crippen LogP contribution is -2.30. The van der Waals surface area contributed by atoms with E-state index in [9.17, 15) is 14.4 Å². The first kappa shape index (κ1) is 49.1. The van der Waals surface area contributed by atoms with E-state index >= 15 is 0 Å². The van der Waals surface area contributed by atoms with Crippen LogP contribution in [0.5, 0.6) is 0 Å². The van der Waals surface area contributed by atoms with Gasteiger partial charge in [0.1, 0.15) is 13.2 Å². The number of ether oxygens (including phenoxy) is 3. The van der Waals surface area contributed by atoms with Gasteiger partial charge in [-0.15, -0.1) is 0 Å². The molecule has 0 saturated heterocycles. The molecule has 0 fully saturated rings. The monoisotopic (exact) mass is 733 g/mol. The highest BCUT2D eigenvalue weighted by Gasteiger charge is 2.19. The molecular weight excluding hydrogens is 661 g/mol. The van der Waals surface area contributed by atoms with Crippen LogP contribution < -0.4 is 0 Å². The third kappa shape index (κ3) is 39.1. The first-order valence-electron chi connectivity index (χ1n) is 20.5. The summed E-state index contributed by atoms with van der Waals surface area (Å²) in [5, 5.41) is 0. The van der Waals surface area contributed by atoms with E-state index in [2.05, 4.69) is 57.2 Å². The number of allylic oxidation sites excluding steroid dienone is 18. The minimum atomic E-state index is -0.824. The second kappa shape index (κ2) is 40.8. The summed E-state index contributed by atoms with van der Waals surface area (Å²) in [6.45, 7) is 6.17. The molecule has 1 unspecified atom stereocenters. The third-order valence-corrected chi connectivity index (χ3v) is 7.93. The number of esters is 3. The molecule has 1 atom stereocenters. The normalized spacial score (nSPS) is 13.2. The highest BCUT2D eigenvalue weighted by molar-refractivity contribution is 5.71. The zero-order valence-corrected chi connectivity index (χ0v) is 33.5. The molecule has 0 aromatic heterocycles. The molecule has 296 valence electrons. The summed E-state index contributed by atoms with van der Waals surface area (Å²) < 4.78 is 16.5. The Morgan fingerprint density at radius 3 is 1.25 bits per heavy atom. The summed E-state index contributed by atoms with van der Waals surface area (Å²) in [4.78, 5) is 37.5. The van der Waals surface area contributed by atoms with Crippen LogP contribution in [-0.4, -0.2) is 37.2 Å². The topological polar surface area (TPSA) is 78.9 Å². The zero-order chi connectivity index (χ0) is 38.7. The standard InChI is InChI=1S/C47H72O6/c1-4-7-10-13-16-19-21-23-25-28-31-34-37-40-46(49)52-43-44(42-51-45(48)39-36-33-30-27-18-15-12-9-6-3)53-47(50)41-38-35-32-29-26-24-22-20-17-14-11-8-5-2/h7-8,10-11,13-14,16-17,19-27,30,44H,4-6,9,12,15,18,28-29,31-43H2,1-3H3/b10-7-,11-8-,16-13-,17-14-,21-19-,22-20-,25-23-,26-24-,30-27-. The molecule has 0 amide bonds. The van der Waals surface area contributed by atoms with E-state index in [-0.39, 0.29) is 44.0 Å². The Morgan fingerprint density at radius 1 is 0.396 bits per heavy atom. The predicted molar refractivity (Wildman–Crippen MR) is 223 cm³/mol. The Bertz CT molecular complexity index is 1160. The fraction of sp³-hybridized carbons (Fsp3) is 0.553. The number of hydrogen-bond donors (Lipinski definition) is 0. The van der Waals surface area contributed by atoms with E-state index in [1.807, 2.05) is 72.9 Å². The van der Waals surface area contributed by atoms with Crippen molar-refractivity contribution in [1.29, 1.82) is 0 Å². The van der Waals surface area contributed by atoms with E-state index in [1.54, 1.807) is 0 Å². The summed E-state index contributed by atoms with van der Waals surface area (Å²) >= 11 is 0. The second-order valence-electron chi connectivity index (χ2n) is 13.0. The summed E-state index contributed by atoms with van der Waals surface area (Å²) in [5.41, 5.74) is 0. The van der Waals surface area contributed by atoms with Crippen LogP contribution in [0.25, 0.3) is 0 Å². The molecule has 0 saturated carbocycles. The van der Waals surface area contributed by atoms with Crippen molar-refractivity contribution in [2.24, 2.45) is 0 Å². The molecule has 0 bridgehead atoms. The number of hydrogen-bond acceptors (Lipinski definition) is 6. The number of rotatable bonds is 34. The highest BCUT2D eigenvalue weighted by atomic mass is 16.6. The van der Waals surface area contributed by atoms with Gasteiger partial charge in [0.15, 0.2) is 6.10 Å². The van der Waals surface area contributed by atoms with Gasteiger partial charge in [0.25, 0.3) is 0 Å². The summed E-state index contributed by atoms with van der Waals surface area (Å²) in [6.07, 6.45) is 53.7. The second-order valence-corrected chi connectivity index (χ2v) is 13.0. The van der Waals surface area contributed by atoms with Gasteiger partial charge in [0.05, 0.1) is 0 Å². The van der Waals surface area contributed by atoms with Crippen molar-refractivity contribution >= 4 is 17.9 Å². The van der Waals surface area contributed by atoms with Gasteiger partial charge in [0, 0.05) is 19.3 Å². The molecule has 0 N–H and O–H groups in total. The van der Waals surface area contributed by atoms with Crippen molar-refractivity contribution in [2.75, 3.05) is 13.2 Å². The lowest BCUT2D eigenvalue weighted by Gasteiger charge is -2.18. The minimum absolute atomic E-state index is 0.125. The van der Waals surface area contributed by atoms with Gasteiger partial charge in [-0.25, -0.2) is 0 Å². The van der Waals surface area contributed by atoms with Gasteiger partial charge in [-0.2, -0.15) is 0 Å². The first-order chi connectivity index (χ1) is 26.0. The van der Waals surface area contributed by atoms with Crippen molar-refractivity contribution in [3.8, 4) is 0 Å². The largest absolute Gasteiger partial charge is 0.462 e. The van der Waals surface area contributed by atoms with E-state index in [0.29, 0.717) is 19.3 Å². The minimum Gasteiger partial charge on any atom is -0.462 e. The Morgan fingerprint density at radius 2 is 0.774 bits per heavy atom. The van der Waals surface area contributed by atoms with Crippen LogP contribution in [0.15, 0.2) is 109 Å². The predicted octanol–water partition coefficient (Wildman–Crippen LogP) is 12.9. The Kier molecular flexibility index (Phi) is 37.8. The number of carbonyl (C=O) groups excluding carboxylic acids is 3. The molecule has 6 heteroatoms. The number of carbonyl (C=O) groups is 3. The van der Waals surface area contributed by atoms with E-state index in [0.717, 1.165) is 70.6 Å². The van der Waals surface area contributed by atoms with E-state index in [1.165, 1.54) is 25.7 Å². The maximum absolute atomic E-state index is 12.6. The van der Waals surface area contributed by atoms with Gasteiger partial charge >= 0.3 is 17.9 Å². The Balaban J connectivity index is 4.59. The molecule has 0 rings (SSSR count). The maximum Gasteiger partial charge on any atom is 0.306 e. The van der Waals surface area contributed by atoms with Crippen molar-refractivity contribution in [2.45, 2.75) is 155 Å². The summed E-state index contributed by atoms with van der Waals surface area (Å²) in [7, 11) is 0. The SMILES string of the molecule is CC\C=C/C=C\C=C/C=C\CCCCCC(=O)OCC(COC(=O)CCC/C=C\CCCCCC)OC(=O)CCCCC\C=C/C=C\C=C/C=C\CC. The molecule has 0 heterocycles. The molecule has 53 heavy (non-hydrogen) atoms. The van der Waals surface area contributed by atoms with Gasteiger partial charge in [0.2, 0.25) is 0 Å². The lowest BCUT2D eigenvalue weighted by molar-refractivity contribution is -0.167. The Hall–Kier alpha value is -3.93. The van der Waals surface area contributed by atoms with Gasteiger partial charge in [-0.05, 0) is 77.0 Å². The molecule has 0 aromatic rings. The molecule has 0 aliphatic heterocycles. The third-order valence-electron chi connectivity index (χ3n) is 7.93. The van der Waals surface area contributed by atoms with E-state index < -0.39 is 6.10 Å². The van der Waals surface area contributed by atoms with Crippen LogP contribution in [-0.2, 0) is 28.6 Å². The van der Waals surface area contributed by atoms with Gasteiger partial charge < -0.3 is 14.2 Å². The molecule has 0 aliphatic carbocycles. The Labute approximate surface area is 323 Å². The van der Waals surface area contributed by atoms with Crippen molar-refractivity contribution in [3.05, 3.63) is 109 Å². The molecular formula is C47H72O6. The average molecular weight is 733 g/mol. The summed E-state index contributed by atoms with van der Waals surface area (Å²) in [5.74, 6) is -1.06. The van der Waals surface area contributed by atoms with E-state index in [4.69, 9.17) is 14.2 Å². The van der Waals surface area contributed by atoms with Crippen molar-refractivity contribution in [1.82, 2.24) is 0 Å². The molecule has 0 aromatic carbocycles. The molecule has 0 spiro atoms. The van der Waals surface area contributed by atoms with Gasteiger partial charge in [-0.3, -0.25) is 14.4 Å². The molecule has 0 aliphatic rings. The average Bonchev–Trinajstić information content (AvgIpc) is 3.15. The van der Waals surface area contributed by atoms with Crippen LogP contribution in [0.1, 0.15) is 149 Å².